The van der Waals surface area contributed by atoms with Crippen molar-refractivity contribution in [3.8, 4) is 11.5 Å². The van der Waals surface area contributed by atoms with E-state index in [0.29, 0.717) is 29.6 Å². The first kappa shape index (κ1) is 19.8. The molecule has 0 heterocycles. The van der Waals surface area contributed by atoms with Crippen LogP contribution in [0.15, 0.2) is 52.5 Å². The largest absolute Gasteiger partial charge is 0.493 e. The van der Waals surface area contributed by atoms with Crippen molar-refractivity contribution in [2.75, 3.05) is 13.7 Å². The number of sulfonamides is 1. The first-order valence-corrected chi connectivity index (χ1v) is 9.72. The number of aryl methyl sites for hydroxylation is 1. The number of ether oxygens (including phenoxy) is 2. The molecule has 1 N–H and O–H groups in total. The van der Waals surface area contributed by atoms with Gasteiger partial charge in [-0.05, 0) is 48.7 Å². The maximum atomic E-state index is 12.2. The Balaban J connectivity index is 2.08. The molecule has 7 heteroatoms. The lowest BCUT2D eigenvalue weighted by Crippen LogP contribution is -2.18. The zero-order valence-electron chi connectivity index (χ0n) is 15.4. The summed E-state index contributed by atoms with van der Waals surface area (Å²) in [6.45, 7) is 6.60. The van der Waals surface area contributed by atoms with Gasteiger partial charge in [0, 0.05) is 0 Å². The van der Waals surface area contributed by atoms with Gasteiger partial charge in [-0.15, -0.1) is 0 Å². The molecular weight excluding hydrogens is 352 g/mol. The summed E-state index contributed by atoms with van der Waals surface area (Å²) in [4.78, 5) is 2.37. The van der Waals surface area contributed by atoms with Gasteiger partial charge >= 0.3 is 0 Å². The smallest absolute Gasteiger partial charge is 0.276 e. The molecule has 0 aliphatic rings. The highest BCUT2D eigenvalue weighted by Crippen LogP contribution is 2.28. The summed E-state index contributed by atoms with van der Waals surface area (Å²) in [5, 5.41) is 3.83. The number of nitrogens with one attached hydrogen (secondary N) is 1. The van der Waals surface area contributed by atoms with Crippen LogP contribution in [0.1, 0.15) is 25.0 Å². The van der Waals surface area contributed by atoms with E-state index in [0.717, 1.165) is 5.56 Å². The van der Waals surface area contributed by atoms with Crippen molar-refractivity contribution in [2.45, 2.75) is 25.7 Å². The molecule has 0 aliphatic heterocycles. The fourth-order valence-corrected chi connectivity index (χ4v) is 2.87. The third-order valence-electron chi connectivity index (χ3n) is 3.48. The van der Waals surface area contributed by atoms with Gasteiger partial charge in [-0.2, -0.15) is 13.5 Å². The number of methoxy groups -OCH3 is 1. The van der Waals surface area contributed by atoms with E-state index in [9.17, 15) is 8.42 Å². The molecule has 6 nitrogen and oxygen atoms in total. The minimum atomic E-state index is -3.69. The second kappa shape index (κ2) is 8.71. The van der Waals surface area contributed by atoms with Crippen LogP contribution in [0.4, 0.5) is 0 Å². The Bertz CT molecular complexity index is 860. The van der Waals surface area contributed by atoms with E-state index < -0.39 is 10.0 Å². The van der Waals surface area contributed by atoms with Gasteiger partial charge in [0.2, 0.25) is 0 Å². The molecular formula is C19H24N2O4S. The van der Waals surface area contributed by atoms with E-state index >= 15 is 0 Å². The van der Waals surface area contributed by atoms with E-state index in [2.05, 4.69) is 23.8 Å². The molecule has 0 radical (unpaired) electrons. The van der Waals surface area contributed by atoms with Gasteiger partial charge in [-0.1, -0.05) is 31.5 Å². The predicted molar refractivity (Wildman–Crippen MR) is 102 cm³/mol. The minimum absolute atomic E-state index is 0.162. The lowest BCUT2D eigenvalue weighted by atomic mass is 10.2. The second-order valence-corrected chi connectivity index (χ2v) is 7.94. The number of hydrogen-bond donors (Lipinski definition) is 1. The van der Waals surface area contributed by atoms with Crippen molar-refractivity contribution in [3.05, 3.63) is 53.6 Å². The average molecular weight is 376 g/mol. The van der Waals surface area contributed by atoms with Crippen LogP contribution < -0.4 is 14.3 Å². The lowest BCUT2D eigenvalue weighted by molar-refractivity contribution is 0.257. The Morgan fingerprint density at radius 1 is 1.12 bits per heavy atom. The number of hydrogen-bond acceptors (Lipinski definition) is 5. The number of nitrogens with zero attached hydrogens (tertiary/aromatic N) is 1. The quantitative estimate of drug-likeness (QED) is 0.566. The lowest BCUT2D eigenvalue weighted by Gasteiger charge is -2.12. The Labute approximate surface area is 154 Å². The highest BCUT2D eigenvalue weighted by molar-refractivity contribution is 7.89. The molecule has 0 atom stereocenters. The van der Waals surface area contributed by atoms with E-state index in [1.54, 1.807) is 37.4 Å². The highest BCUT2D eigenvalue weighted by atomic mass is 32.2. The van der Waals surface area contributed by atoms with Gasteiger partial charge in [-0.25, -0.2) is 4.83 Å². The van der Waals surface area contributed by atoms with Crippen molar-refractivity contribution in [1.82, 2.24) is 4.83 Å². The zero-order chi connectivity index (χ0) is 19.2. The van der Waals surface area contributed by atoms with Gasteiger partial charge in [0.25, 0.3) is 10.0 Å². The monoisotopic (exact) mass is 376 g/mol. The van der Waals surface area contributed by atoms with Gasteiger partial charge < -0.3 is 9.47 Å². The van der Waals surface area contributed by atoms with Crippen LogP contribution in [0, 0.1) is 12.8 Å². The summed E-state index contributed by atoms with van der Waals surface area (Å²) in [7, 11) is -2.14. The van der Waals surface area contributed by atoms with E-state index in [4.69, 9.17) is 9.47 Å². The molecule has 0 spiro atoms. The highest BCUT2D eigenvalue weighted by Gasteiger charge is 2.12. The molecule has 2 rings (SSSR count). The fraction of sp³-hybridized carbons (Fsp3) is 0.316. The molecule has 2 aromatic carbocycles. The molecule has 26 heavy (non-hydrogen) atoms. The molecule has 0 unspecified atom stereocenters. The maximum Gasteiger partial charge on any atom is 0.276 e. The average Bonchev–Trinajstić information content (AvgIpc) is 2.60. The van der Waals surface area contributed by atoms with Gasteiger partial charge in [-0.3, -0.25) is 0 Å². The normalized spacial score (nSPS) is 11.7. The molecule has 0 fully saturated rings. The number of benzene rings is 2. The summed E-state index contributed by atoms with van der Waals surface area (Å²) < 4.78 is 35.4. The van der Waals surface area contributed by atoms with Crippen LogP contribution >= 0.6 is 0 Å². The van der Waals surface area contributed by atoms with Crippen molar-refractivity contribution in [1.29, 1.82) is 0 Å². The Morgan fingerprint density at radius 3 is 2.42 bits per heavy atom. The number of hydrazone groups is 1. The Kier molecular flexibility index (Phi) is 6.63. The van der Waals surface area contributed by atoms with Crippen LogP contribution in [-0.4, -0.2) is 28.3 Å². The third-order valence-corrected chi connectivity index (χ3v) is 4.72. The zero-order valence-corrected chi connectivity index (χ0v) is 16.2. The molecule has 0 aromatic heterocycles. The van der Waals surface area contributed by atoms with Crippen molar-refractivity contribution in [3.63, 3.8) is 0 Å². The van der Waals surface area contributed by atoms with Crippen molar-refractivity contribution in [2.24, 2.45) is 11.0 Å². The Hall–Kier alpha value is -2.54. The molecule has 0 bridgehead atoms. The first-order chi connectivity index (χ1) is 12.3. The molecule has 0 saturated heterocycles. The summed E-state index contributed by atoms with van der Waals surface area (Å²) in [5.74, 6) is 1.60. The summed E-state index contributed by atoms with van der Waals surface area (Å²) >= 11 is 0. The van der Waals surface area contributed by atoms with Gasteiger partial charge in [0.1, 0.15) is 0 Å². The first-order valence-electron chi connectivity index (χ1n) is 8.24. The second-order valence-electron chi connectivity index (χ2n) is 6.28. The minimum Gasteiger partial charge on any atom is -0.493 e. The van der Waals surface area contributed by atoms with E-state index in [1.807, 2.05) is 6.92 Å². The van der Waals surface area contributed by atoms with Gasteiger partial charge in [0.15, 0.2) is 11.5 Å². The van der Waals surface area contributed by atoms with E-state index in [-0.39, 0.29) is 4.90 Å². The van der Waals surface area contributed by atoms with Crippen molar-refractivity contribution >= 4 is 16.2 Å². The maximum absolute atomic E-state index is 12.2. The number of rotatable bonds is 8. The van der Waals surface area contributed by atoms with Crippen molar-refractivity contribution < 1.29 is 17.9 Å². The molecule has 0 aliphatic carbocycles. The summed E-state index contributed by atoms with van der Waals surface area (Å²) in [6, 6.07) is 11.8. The standard InChI is InChI=1S/C19H24N2O4S/c1-14(2)13-25-18-10-7-16(11-19(18)24-4)12-20-21-26(22,23)17-8-5-15(3)6-9-17/h5-12,14,21H,13H2,1-4H3/b20-12-. The van der Waals surface area contributed by atoms with E-state index in [1.165, 1.54) is 18.3 Å². The molecule has 0 amide bonds. The molecule has 140 valence electrons. The van der Waals surface area contributed by atoms with Crippen LogP contribution in [0.25, 0.3) is 0 Å². The molecule has 0 saturated carbocycles. The topological polar surface area (TPSA) is 77.0 Å². The third kappa shape index (κ3) is 5.49. The van der Waals surface area contributed by atoms with Crippen LogP contribution in [0.3, 0.4) is 0 Å². The summed E-state index contributed by atoms with van der Waals surface area (Å²) in [6.07, 6.45) is 1.42. The molecule has 2 aromatic rings. The predicted octanol–water partition coefficient (Wildman–Crippen LogP) is 3.35. The van der Waals surface area contributed by atoms with Crippen LogP contribution in [0.2, 0.25) is 0 Å². The SMILES string of the molecule is COc1cc(/C=N\NS(=O)(=O)c2ccc(C)cc2)ccc1OCC(C)C. The Morgan fingerprint density at radius 2 is 1.81 bits per heavy atom. The van der Waals surface area contributed by atoms with Crippen LogP contribution in [-0.2, 0) is 10.0 Å². The fourth-order valence-electron chi connectivity index (χ4n) is 2.08. The summed E-state index contributed by atoms with van der Waals surface area (Å²) in [5.41, 5.74) is 1.67. The van der Waals surface area contributed by atoms with Crippen LogP contribution in [0.5, 0.6) is 11.5 Å². The van der Waals surface area contributed by atoms with Gasteiger partial charge in [0.05, 0.1) is 24.8 Å².